The fourth-order valence-electron chi connectivity index (χ4n) is 1.56. The van der Waals surface area contributed by atoms with Crippen molar-refractivity contribution in [2.24, 2.45) is 5.41 Å². The van der Waals surface area contributed by atoms with E-state index < -0.39 is 14.6 Å². The summed E-state index contributed by atoms with van der Waals surface area (Å²) in [6.07, 6.45) is 2.19. The molecule has 98 valence electrons. The van der Waals surface area contributed by atoms with Gasteiger partial charge in [0, 0.05) is 6.61 Å². The fraction of sp³-hybridized carbons (Fsp3) is 1.00. The van der Waals surface area contributed by atoms with E-state index in [0.29, 0.717) is 6.42 Å². The van der Waals surface area contributed by atoms with Gasteiger partial charge in [-0.3, -0.25) is 0 Å². The molecule has 1 N–H and O–H groups in total. The van der Waals surface area contributed by atoms with E-state index >= 15 is 0 Å². The van der Waals surface area contributed by atoms with Crippen LogP contribution in [0, 0.1) is 5.41 Å². The van der Waals surface area contributed by atoms with Crippen LogP contribution in [0.3, 0.4) is 0 Å². The second-order valence-electron chi connectivity index (χ2n) is 5.55. The molecule has 0 heterocycles. The van der Waals surface area contributed by atoms with Crippen molar-refractivity contribution >= 4 is 9.84 Å². The molecule has 3 nitrogen and oxygen atoms in total. The Labute approximate surface area is 100 Å². The third kappa shape index (κ3) is 3.74. The highest BCUT2D eigenvalue weighted by atomic mass is 32.2. The van der Waals surface area contributed by atoms with Crippen LogP contribution in [0.5, 0.6) is 0 Å². The predicted octanol–water partition coefficient (Wildman–Crippen LogP) is 2.39. The van der Waals surface area contributed by atoms with E-state index in [1.807, 2.05) is 13.8 Å². The van der Waals surface area contributed by atoms with Crippen LogP contribution in [0.15, 0.2) is 0 Å². The number of aliphatic hydroxyl groups excluding tert-OH is 1. The Morgan fingerprint density at radius 1 is 1.06 bits per heavy atom. The lowest BCUT2D eigenvalue weighted by atomic mass is 9.81. The molecule has 0 aliphatic rings. The second kappa shape index (κ2) is 5.50. The van der Waals surface area contributed by atoms with Crippen LogP contribution in [0.2, 0.25) is 0 Å². The van der Waals surface area contributed by atoms with Gasteiger partial charge < -0.3 is 5.11 Å². The SMILES string of the molecule is CCC(CC)(CO)CCS(=O)(=O)C(C)(C)C. The maximum Gasteiger partial charge on any atom is 0.155 e. The van der Waals surface area contributed by atoms with E-state index in [9.17, 15) is 13.5 Å². The summed E-state index contributed by atoms with van der Waals surface area (Å²) in [5.74, 6) is 0.165. The van der Waals surface area contributed by atoms with Gasteiger partial charge in [-0.05, 0) is 45.4 Å². The topological polar surface area (TPSA) is 54.4 Å². The highest BCUT2D eigenvalue weighted by molar-refractivity contribution is 7.92. The average Bonchev–Trinajstić information content (AvgIpc) is 2.19. The first-order chi connectivity index (χ1) is 7.14. The van der Waals surface area contributed by atoms with Crippen LogP contribution < -0.4 is 0 Å². The molecule has 0 saturated carbocycles. The van der Waals surface area contributed by atoms with Crippen LogP contribution >= 0.6 is 0 Å². The molecule has 0 fully saturated rings. The van der Waals surface area contributed by atoms with Gasteiger partial charge in [-0.25, -0.2) is 8.42 Å². The number of sulfone groups is 1. The molecule has 0 bridgehead atoms. The molecule has 0 spiro atoms. The van der Waals surface area contributed by atoms with Crippen LogP contribution in [0.4, 0.5) is 0 Å². The molecular weight excluding hydrogens is 224 g/mol. The Balaban J connectivity index is 4.68. The summed E-state index contributed by atoms with van der Waals surface area (Å²) in [6.45, 7) is 9.25. The summed E-state index contributed by atoms with van der Waals surface area (Å²) in [6, 6.07) is 0. The standard InChI is InChI=1S/C12H26O3S/c1-6-12(7-2,10-13)8-9-16(14,15)11(3,4)5/h13H,6-10H2,1-5H3. The summed E-state index contributed by atoms with van der Waals surface area (Å²) in [7, 11) is -3.07. The Kier molecular flexibility index (Phi) is 5.47. The first-order valence-electron chi connectivity index (χ1n) is 5.97. The van der Waals surface area contributed by atoms with E-state index in [4.69, 9.17) is 0 Å². The zero-order valence-electron chi connectivity index (χ0n) is 11.2. The quantitative estimate of drug-likeness (QED) is 0.787. The Morgan fingerprint density at radius 2 is 1.50 bits per heavy atom. The highest BCUT2D eigenvalue weighted by Gasteiger charge is 2.33. The lowest BCUT2D eigenvalue weighted by Crippen LogP contribution is -2.34. The van der Waals surface area contributed by atoms with E-state index in [1.54, 1.807) is 20.8 Å². The third-order valence-corrected chi connectivity index (χ3v) is 6.28. The van der Waals surface area contributed by atoms with Gasteiger partial charge in [0.05, 0.1) is 10.5 Å². The van der Waals surface area contributed by atoms with Gasteiger partial charge in [-0.15, -0.1) is 0 Å². The van der Waals surface area contributed by atoms with Crippen molar-refractivity contribution in [1.82, 2.24) is 0 Å². The minimum Gasteiger partial charge on any atom is -0.396 e. The second-order valence-corrected chi connectivity index (χ2v) is 8.41. The van der Waals surface area contributed by atoms with Gasteiger partial charge >= 0.3 is 0 Å². The fourth-order valence-corrected chi connectivity index (χ4v) is 2.88. The first-order valence-corrected chi connectivity index (χ1v) is 7.62. The van der Waals surface area contributed by atoms with Crippen molar-refractivity contribution in [3.8, 4) is 0 Å². The first kappa shape index (κ1) is 15.9. The molecule has 0 saturated heterocycles. The van der Waals surface area contributed by atoms with Gasteiger partial charge in [0.2, 0.25) is 0 Å². The number of hydrogen-bond acceptors (Lipinski definition) is 3. The molecule has 0 aromatic rings. The summed E-state index contributed by atoms with van der Waals surface area (Å²) in [5, 5.41) is 9.38. The summed E-state index contributed by atoms with van der Waals surface area (Å²) < 4.78 is 23.2. The van der Waals surface area contributed by atoms with Gasteiger partial charge in [0.25, 0.3) is 0 Å². The van der Waals surface area contributed by atoms with Gasteiger partial charge in [0.15, 0.2) is 9.84 Å². The maximum absolute atomic E-state index is 12.0. The molecule has 0 aliphatic carbocycles. The van der Waals surface area contributed by atoms with Crippen molar-refractivity contribution in [1.29, 1.82) is 0 Å². The van der Waals surface area contributed by atoms with Gasteiger partial charge in [0.1, 0.15) is 0 Å². The maximum atomic E-state index is 12.0. The molecule has 0 unspecified atom stereocenters. The predicted molar refractivity (Wildman–Crippen MR) is 68.3 cm³/mol. The summed E-state index contributed by atoms with van der Waals surface area (Å²) in [5.41, 5.74) is -0.224. The molecule has 0 atom stereocenters. The molecule has 0 aromatic carbocycles. The van der Waals surface area contributed by atoms with Gasteiger partial charge in [-0.2, -0.15) is 0 Å². The Hall–Kier alpha value is -0.0900. The van der Waals surface area contributed by atoms with Crippen molar-refractivity contribution in [2.75, 3.05) is 12.4 Å². The van der Waals surface area contributed by atoms with Gasteiger partial charge in [-0.1, -0.05) is 13.8 Å². The highest BCUT2D eigenvalue weighted by Crippen LogP contribution is 2.31. The van der Waals surface area contributed by atoms with Crippen molar-refractivity contribution in [3.05, 3.63) is 0 Å². The van der Waals surface area contributed by atoms with Crippen molar-refractivity contribution in [3.63, 3.8) is 0 Å². The average molecular weight is 250 g/mol. The van der Waals surface area contributed by atoms with E-state index in [2.05, 4.69) is 0 Å². The molecule has 0 amide bonds. The largest absolute Gasteiger partial charge is 0.396 e. The Morgan fingerprint density at radius 3 is 1.75 bits per heavy atom. The number of rotatable bonds is 6. The molecular formula is C12H26O3S. The molecule has 0 aliphatic heterocycles. The number of hydrogen-bond donors (Lipinski definition) is 1. The number of aliphatic hydroxyl groups is 1. The van der Waals surface area contributed by atoms with E-state index in [1.165, 1.54) is 0 Å². The normalized spacial score (nSPS) is 14.1. The van der Waals surface area contributed by atoms with Crippen LogP contribution in [-0.4, -0.2) is 30.6 Å². The zero-order valence-corrected chi connectivity index (χ0v) is 12.0. The molecule has 0 aromatic heterocycles. The van der Waals surface area contributed by atoms with Crippen molar-refractivity contribution in [2.45, 2.75) is 58.6 Å². The monoisotopic (exact) mass is 250 g/mol. The van der Waals surface area contributed by atoms with E-state index in [-0.39, 0.29) is 17.8 Å². The van der Waals surface area contributed by atoms with Crippen molar-refractivity contribution < 1.29 is 13.5 Å². The lowest BCUT2D eigenvalue weighted by Gasteiger charge is -2.30. The van der Waals surface area contributed by atoms with Crippen LogP contribution in [0.1, 0.15) is 53.9 Å². The minimum absolute atomic E-state index is 0.0691. The minimum atomic E-state index is -3.07. The summed E-state index contributed by atoms with van der Waals surface area (Å²) >= 11 is 0. The smallest absolute Gasteiger partial charge is 0.155 e. The zero-order chi connectivity index (χ0) is 13.0. The third-order valence-electron chi connectivity index (χ3n) is 3.67. The molecule has 4 heteroatoms. The van der Waals surface area contributed by atoms with E-state index in [0.717, 1.165) is 12.8 Å². The van der Waals surface area contributed by atoms with Crippen LogP contribution in [-0.2, 0) is 9.84 Å². The lowest BCUT2D eigenvalue weighted by molar-refractivity contribution is 0.111. The molecule has 0 rings (SSSR count). The Bertz CT molecular complexity index is 286. The molecule has 0 radical (unpaired) electrons. The summed E-state index contributed by atoms with van der Waals surface area (Å²) in [4.78, 5) is 0. The van der Waals surface area contributed by atoms with Crippen LogP contribution in [0.25, 0.3) is 0 Å². The molecule has 16 heavy (non-hydrogen) atoms.